The number of terminal acetylenes is 1. The van der Waals surface area contributed by atoms with Crippen LogP contribution in [0.15, 0.2) is 12.2 Å². The fourth-order valence-corrected chi connectivity index (χ4v) is 9.12. The van der Waals surface area contributed by atoms with Gasteiger partial charge in [-0.1, -0.05) is 32.8 Å². The van der Waals surface area contributed by atoms with Crippen molar-refractivity contribution >= 4 is 5.91 Å². The van der Waals surface area contributed by atoms with Crippen LogP contribution in [0.5, 0.6) is 0 Å². The molecule has 0 radical (unpaired) electrons. The van der Waals surface area contributed by atoms with E-state index in [0.717, 1.165) is 38.5 Å². The molecule has 0 saturated heterocycles. The molecule has 0 aromatic heterocycles. The molecule has 0 aromatic carbocycles. The van der Waals surface area contributed by atoms with E-state index < -0.39 is 0 Å². The van der Waals surface area contributed by atoms with Crippen molar-refractivity contribution in [1.29, 1.82) is 0 Å². The molecule has 4 saturated carbocycles. The van der Waals surface area contributed by atoms with Crippen LogP contribution in [0.2, 0.25) is 0 Å². The first kappa shape index (κ1) is 24.8. The maximum atomic E-state index is 11.7. The molecule has 0 aliphatic heterocycles. The van der Waals surface area contributed by atoms with Crippen molar-refractivity contribution in [2.75, 3.05) is 6.54 Å². The Morgan fingerprint density at radius 1 is 1.12 bits per heavy atom. The van der Waals surface area contributed by atoms with E-state index in [2.05, 4.69) is 32.0 Å². The van der Waals surface area contributed by atoms with Crippen LogP contribution < -0.4 is 5.32 Å². The Hall–Kier alpha value is -1.31. The molecule has 184 valence electrons. The van der Waals surface area contributed by atoms with Crippen LogP contribution in [0.25, 0.3) is 0 Å². The quantitative estimate of drug-likeness (QED) is 0.402. The molecular weight excluding hydrogens is 410 g/mol. The van der Waals surface area contributed by atoms with E-state index in [4.69, 9.17) is 6.42 Å². The van der Waals surface area contributed by atoms with E-state index in [1.807, 2.05) is 6.08 Å². The van der Waals surface area contributed by atoms with Crippen molar-refractivity contribution < 1.29 is 15.0 Å². The summed E-state index contributed by atoms with van der Waals surface area (Å²) in [6, 6.07) is 0. The molecule has 4 heteroatoms. The number of hydrogen-bond donors (Lipinski definition) is 3. The number of carbonyl (C=O) groups is 1. The van der Waals surface area contributed by atoms with Crippen LogP contribution in [0.4, 0.5) is 0 Å². The Morgan fingerprint density at radius 3 is 2.61 bits per heavy atom. The highest BCUT2D eigenvalue weighted by Gasteiger charge is 2.62. The molecule has 33 heavy (non-hydrogen) atoms. The molecule has 4 aliphatic rings. The highest BCUT2D eigenvalue weighted by atomic mass is 16.3. The number of amides is 1. The average Bonchev–Trinajstić information content (AvgIpc) is 3.13. The monoisotopic (exact) mass is 455 g/mol. The molecule has 0 aromatic rings. The number of hydrogen-bond acceptors (Lipinski definition) is 3. The highest BCUT2D eigenvalue weighted by molar-refractivity contribution is 5.87. The second kappa shape index (κ2) is 9.74. The lowest BCUT2D eigenvalue weighted by Gasteiger charge is -2.62. The minimum absolute atomic E-state index is 0.111. The zero-order chi connectivity index (χ0) is 23.8. The normalized spacial score (nSPS) is 45.5. The molecular formula is C29H45NO3. The summed E-state index contributed by atoms with van der Waals surface area (Å²) >= 11 is 0. The SMILES string of the molecule is C#CCNC(=O)C=CCCC(C)C1CCC2C3C(O)CC4CC(O)CCC4(C)C3CCC12C. The molecule has 3 N–H and O–H groups in total. The molecule has 0 heterocycles. The summed E-state index contributed by atoms with van der Waals surface area (Å²) in [7, 11) is 0. The summed E-state index contributed by atoms with van der Waals surface area (Å²) in [6.07, 6.45) is 19.3. The van der Waals surface area contributed by atoms with Crippen LogP contribution in [0.3, 0.4) is 0 Å². The third-order valence-corrected chi connectivity index (χ3v) is 10.8. The van der Waals surface area contributed by atoms with Gasteiger partial charge < -0.3 is 15.5 Å². The molecule has 4 fully saturated rings. The summed E-state index contributed by atoms with van der Waals surface area (Å²) in [4.78, 5) is 11.7. The first-order chi connectivity index (χ1) is 15.7. The highest BCUT2D eigenvalue weighted by Crippen LogP contribution is 2.68. The zero-order valence-electron chi connectivity index (χ0n) is 20.9. The van der Waals surface area contributed by atoms with Crippen molar-refractivity contribution in [2.24, 2.45) is 46.3 Å². The van der Waals surface area contributed by atoms with Gasteiger partial charge in [-0.15, -0.1) is 6.42 Å². The molecule has 10 atom stereocenters. The number of carbonyl (C=O) groups excluding carboxylic acids is 1. The Kier molecular flexibility index (Phi) is 7.32. The van der Waals surface area contributed by atoms with Crippen LogP contribution in [0.1, 0.15) is 85.0 Å². The summed E-state index contributed by atoms with van der Waals surface area (Å²) in [5.41, 5.74) is 0.603. The van der Waals surface area contributed by atoms with Gasteiger partial charge in [0.1, 0.15) is 0 Å². The summed E-state index contributed by atoms with van der Waals surface area (Å²) in [5.74, 6) is 5.75. The number of nitrogens with one attached hydrogen (secondary N) is 1. The third kappa shape index (κ3) is 4.53. The van der Waals surface area contributed by atoms with Gasteiger partial charge >= 0.3 is 0 Å². The second-order valence-electron chi connectivity index (χ2n) is 12.3. The Morgan fingerprint density at radius 2 is 1.85 bits per heavy atom. The third-order valence-electron chi connectivity index (χ3n) is 10.8. The van der Waals surface area contributed by atoms with Crippen molar-refractivity contribution in [1.82, 2.24) is 5.32 Å². The fourth-order valence-electron chi connectivity index (χ4n) is 9.12. The first-order valence-electron chi connectivity index (χ1n) is 13.4. The fraction of sp³-hybridized carbons (Fsp3) is 0.828. The van der Waals surface area contributed by atoms with Gasteiger partial charge in [-0.3, -0.25) is 4.79 Å². The van der Waals surface area contributed by atoms with Gasteiger partial charge in [-0.05, 0) is 117 Å². The van der Waals surface area contributed by atoms with Crippen molar-refractivity contribution in [3.63, 3.8) is 0 Å². The number of aliphatic hydroxyl groups excluding tert-OH is 2. The van der Waals surface area contributed by atoms with Gasteiger partial charge in [0.15, 0.2) is 0 Å². The maximum absolute atomic E-state index is 11.7. The Balaban J connectivity index is 1.41. The number of rotatable bonds is 6. The lowest BCUT2D eigenvalue weighted by Crippen LogP contribution is -2.58. The first-order valence-corrected chi connectivity index (χ1v) is 13.4. The van der Waals surface area contributed by atoms with Crippen molar-refractivity contribution in [3.05, 3.63) is 12.2 Å². The summed E-state index contributed by atoms with van der Waals surface area (Å²) < 4.78 is 0. The number of fused-ring (bicyclic) bond motifs is 5. The molecule has 0 bridgehead atoms. The average molecular weight is 456 g/mol. The Labute approximate surface area is 201 Å². The van der Waals surface area contributed by atoms with E-state index in [-0.39, 0.29) is 24.7 Å². The van der Waals surface area contributed by atoms with Gasteiger partial charge in [-0.2, -0.15) is 0 Å². The van der Waals surface area contributed by atoms with Gasteiger partial charge in [0, 0.05) is 0 Å². The smallest absolute Gasteiger partial charge is 0.244 e. The van der Waals surface area contributed by atoms with Gasteiger partial charge in [0.2, 0.25) is 5.91 Å². The maximum Gasteiger partial charge on any atom is 0.244 e. The standard InChI is InChI=1S/C29H45NO3/c1-5-16-30-26(33)9-7-6-8-19(2)22-10-11-23-27-24(13-15-29(22,23)4)28(3)14-12-21(31)17-20(28)18-25(27)32/h1,7,9,19-25,27,31-32H,6,8,10-18H2,2-4H3,(H,30,33). The van der Waals surface area contributed by atoms with Crippen LogP contribution in [0, 0.1) is 58.7 Å². The van der Waals surface area contributed by atoms with Gasteiger partial charge in [0.05, 0.1) is 18.8 Å². The Bertz CT molecular complexity index is 786. The van der Waals surface area contributed by atoms with Crippen molar-refractivity contribution in [2.45, 2.75) is 97.2 Å². The predicted octanol–water partition coefficient (Wildman–Crippen LogP) is 4.70. The van der Waals surface area contributed by atoms with E-state index >= 15 is 0 Å². The molecule has 4 rings (SSSR count). The molecule has 10 unspecified atom stereocenters. The number of allylic oxidation sites excluding steroid dienone is 1. The molecule has 4 nitrogen and oxygen atoms in total. The largest absolute Gasteiger partial charge is 0.393 e. The minimum Gasteiger partial charge on any atom is -0.393 e. The molecule has 1 amide bonds. The van der Waals surface area contributed by atoms with Crippen molar-refractivity contribution in [3.8, 4) is 12.3 Å². The number of aliphatic hydroxyl groups is 2. The van der Waals surface area contributed by atoms with E-state index in [0.29, 0.717) is 46.3 Å². The summed E-state index contributed by atoms with van der Waals surface area (Å²) in [6.45, 7) is 7.68. The molecule has 4 aliphatic carbocycles. The minimum atomic E-state index is -0.207. The topological polar surface area (TPSA) is 69.6 Å². The summed E-state index contributed by atoms with van der Waals surface area (Å²) in [5, 5.41) is 24.3. The van der Waals surface area contributed by atoms with E-state index in [9.17, 15) is 15.0 Å². The lowest BCUT2D eigenvalue weighted by molar-refractivity contribution is -0.174. The van der Waals surface area contributed by atoms with Gasteiger partial charge in [-0.25, -0.2) is 0 Å². The van der Waals surface area contributed by atoms with E-state index in [1.54, 1.807) is 6.08 Å². The lowest BCUT2D eigenvalue weighted by atomic mass is 9.43. The van der Waals surface area contributed by atoms with Gasteiger partial charge in [0.25, 0.3) is 0 Å². The predicted molar refractivity (Wildman–Crippen MR) is 132 cm³/mol. The zero-order valence-corrected chi connectivity index (χ0v) is 20.9. The van der Waals surface area contributed by atoms with Crippen LogP contribution >= 0.6 is 0 Å². The van der Waals surface area contributed by atoms with Crippen LogP contribution in [-0.4, -0.2) is 34.9 Å². The van der Waals surface area contributed by atoms with Crippen LogP contribution in [-0.2, 0) is 4.79 Å². The second-order valence-corrected chi connectivity index (χ2v) is 12.3. The molecule has 0 spiro atoms. The van der Waals surface area contributed by atoms with E-state index in [1.165, 1.54) is 25.7 Å².